The lowest BCUT2D eigenvalue weighted by Crippen LogP contribution is -2.47. The van der Waals surface area contributed by atoms with E-state index in [0.717, 1.165) is 23.1 Å². The highest BCUT2D eigenvalue weighted by Gasteiger charge is 2.42. The molecule has 0 saturated carbocycles. The van der Waals surface area contributed by atoms with E-state index in [4.69, 9.17) is 4.74 Å². The topological polar surface area (TPSA) is 66.8 Å². The molecule has 1 N–H and O–H groups in total. The third kappa shape index (κ3) is 4.50. The van der Waals surface area contributed by atoms with Crippen LogP contribution in [-0.4, -0.2) is 35.2 Å². The lowest BCUT2D eigenvalue weighted by molar-refractivity contribution is -0.143. The fourth-order valence-electron chi connectivity index (χ4n) is 4.67. The number of aliphatic carboxylic acids is 1. The van der Waals surface area contributed by atoms with Gasteiger partial charge in [0, 0.05) is 0 Å². The Balaban J connectivity index is 1.72. The third-order valence-corrected chi connectivity index (χ3v) is 6.18. The fourth-order valence-corrected chi connectivity index (χ4v) is 4.67. The monoisotopic (exact) mass is 505 g/mol. The van der Waals surface area contributed by atoms with Crippen LogP contribution in [0.3, 0.4) is 0 Å². The molecule has 1 aliphatic carbocycles. The van der Waals surface area contributed by atoms with Gasteiger partial charge in [-0.25, -0.2) is 18.4 Å². The van der Waals surface area contributed by atoms with Gasteiger partial charge < -0.3 is 9.84 Å². The number of halogens is 5. The maximum atomic E-state index is 14.0. The molecule has 36 heavy (non-hydrogen) atoms. The van der Waals surface area contributed by atoms with Gasteiger partial charge in [0.05, 0.1) is 13.2 Å². The molecule has 0 spiro atoms. The zero-order valence-corrected chi connectivity index (χ0v) is 18.9. The van der Waals surface area contributed by atoms with Crippen molar-refractivity contribution in [1.82, 2.24) is 4.90 Å². The number of carbonyl (C=O) groups is 2. The highest BCUT2D eigenvalue weighted by Crippen LogP contribution is 2.47. The number of hydrogen-bond acceptors (Lipinski definition) is 3. The molecule has 0 fully saturated rings. The van der Waals surface area contributed by atoms with Crippen LogP contribution in [0.5, 0.6) is 0 Å². The maximum absolute atomic E-state index is 14.0. The van der Waals surface area contributed by atoms with E-state index in [2.05, 4.69) is 0 Å². The molecule has 3 aromatic rings. The number of aryl methyl sites for hydroxylation is 1. The molecule has 0 radical (unpaired) electrons. The van der Waals surface area contributed by atoms with E-state index in [0.29, 0.717) is 23.3 Å². The van der Waals surface area contributed by atoms with Crippen LogP contribution in [0.2, 0.25) is 0 Å². The lowest BCUT2D eigenvalue weighted by atomic mass is 9.97. The summed E-state index contributed by atoms with van der Waals surface area (Å²) in [7, 11) is 1.10. The molecule has 10 heteroatoms. The minimum absolute atomic E-state index is 0.179. The number of carboxylic acids is 1. The first-order chi connectivity index (χ1) is 17.0. The van der Waals surface area contributed by atoms with Crippen LogP contribution >= 0.6 is 0 Å². The standard InChI is InChI=1S/C26H20F5NO4/c1-36-25(35)32(23-17-8-4-2-6-15(17)16-7-3-5-9-18(16)23)21(24(33)34)11-10-14-12-19(27)22(20(28)13-14)26(29,30)31/h2-9,12-13,21,23H,10-11H2,1H3,(H,33,34)/t21-/m0/s1. The minimum atomic E-state index is -5.22. The molecule has 0 aromatic heterocycles. The predicted molar refractivity (Wildman–Crippen MR) is 119 cm³/mol. The van der Waals surface area contributed by atoms with Crippen molar-refractivity contribution in [2.45, 2.75) is 31.1 Å². The summed E-state index contributed by atoms with van der Waals surface area (Å²) in [5, 5.41) is 10.0. The number of ether oxygens (including phenoxy) is 1. The second-order valence-corrected chi connectivity index (χ2v) is 8.28. The summed E-state index contributed by atoms with van der Waals surface area (Å²) in [5.41, 5.74) is 0.757. The molecule has 0 aliphatic heterocycles. The van der Waals surface area contributed by atoms with Crippen molar-refractivity contribution in [3.63, 3.8) is 0 Å². The van der Waals surface area contributed by atoms with Gasteiger partial charge in [0.2, 0.25) is 0 Å². The highest BCUT2D eigenvalue weighted by molar-refractivity contribution is 5.85. The number of alkyl halides is 3. The van der Waals surface area contributed by atoms with Crippen molar-refractivity contribution in [2.75, 3.05) is 7.11 Å². The Bertz CT molecular complexity index is 1260. The number of hydrogen-bond donors (Lipinski definition) is 1. The SMILES string of the molecule is COC(=O)N(C1c2ccccc2-c2ccccc21)[C@@H](CCc1cc(F)c(C(F)(F)F)c(F)c1)C(=O)O. The molecule has 3 aromatic carbocycles. The normalized spacial score (nSPS) is 13.6. The summed E-state index contributed by atoms with van der Waals surface area (Å²) < 4.78 is 71.7. The van der Waals surface area contributed by atoms with Gasteiger partial charge >= 0.3 is 18.2 Å². The molecule has 1 atom stereocenters. The van der Waals surface area contributed by atoms with Gasteiger partial charge in [-0.05, 0) is 52.8 Å². The third-order valence-electron chi connectivity index (χ3n) is 6.18. The van der Waals surface area contributed by atoms with E-state index in [1.54, 1.807) is 24.3 Å². The van der Waals surface area contributed by atoms with Crippen LogP contribution < -0.4 is 0 Å². The first kappa shape index (κ1) is 25.2. The second kappa shape index (κ2) is 9.60. The molecule has 1 aliphatic rings. The van der Waals surface area contributed by atoms with Gasteiger partial charge in [-0.2, -0.15) is 13.2 Å². The zero-order chi connectivity index (χ0) is 26.2. The van der Waals surface area contributed by atoms with Crippen molar-refractivity contribution in [3.05, 3.63) is 94.6 Å². The Labute approximate surface area is 202 Å². The first-order valence-electron chi connectivity index (χ1n) is 10.9. The summed E-state index contributed by atoms with van der Waals surface area (Å²) in [6.45, 7) is 0. The molecule has 0 bridgehead atoms. The number of carbonyl (C=O) groups excluding carboxylic acids is 1. The summed E-state index contributed by atoms with van der Waals surface area (Å²) in [5.74, 6) is -5.00. The van der Waals surface area contributed by atoms with E-state index >= 15 is 0 Å². The first-order valence-corrected chi connectivity index (χ1v) is 10.9. The summed E-state index contributed by atoms with van der Waals surface area (Å²) in [4.78, 5) is 26.3. The van der Waals surface area contributed by atoms with Gasteiger partial charge in [0.25, 0.3) is 0 Å². The largest absolute Gasteiger partial charge is 0.480 e. The Morgan fingerprint density at radius 3 is 1.92 bits per heavy atom. The lowest BCUT2D eigenvalue weighted by Gasteiger charge is -2.34. The molecule has 0 unspecified atom stereocenters. The van der Waals surface area contributed by atoms with Gasteiger partial charge in [0.15, 0.2) is 0 Å². The van der Waals surface area contributed by atoms with Crippen molar-refractivity contribution >= 4 is 12.1 Å². The maximum Gasteiger partial charge on any atom is 0.422 e. The average Bonchev–Trinajstić information content (AvgIpc) is 3.14. The van der Waals surface area contributed by atoms with E-state index in [1.807, 2.05) is 24.3 Å². The summed E-state index contributed by atoms with van der Waals surface area (Å²) in [6.07, 6.45) is -6.81. The number of fused-ring (bicyclic) bond motifs is 3. The molecular formula is C26H20F5NO4. The van der Waals surface area contributed by atoms with E-state index < -0.39 is 47.5 Å². The van der Waals surface area contributed by atoms with Gasteiger partial charge in [0.1, 0.15) is 23.2 Å². The number of rotatable bonds is 6. The van der Waals surface area contributed by atoms with Crippen LogP contribution in [0.4, 0.5) is 26.7 Å². The number of carboxylic acid groups (broad SMARTS) is 1. The molecule has 5 nitrogen and oxygen atoms in total. The number of methoxy groups -OCH3 is 1. The van der Waals surface area contributed by atoms with Crippen molar-refractivity contribution in [1.29, 1.82) is 0 Å². The van der Waals surface area contributed by atoms with Crippen molar-refractivity contribution in [3.8, 4) is 11.1 Å². The summed E-state index contributed by atoms with van der Waals surface area (Å²) >= 11 is 0. The molecular weight excluding hydrogens is 485 g/mol. The molecule has 188 valence electrons. The fraction of sp³-hybridized carbons (Fsp3) is 0.231. The van der Waals surface area contributed by atoms with Crippen molar-refractivity contribution in [2.24, 2.45) is 0 Å². The second-order valence-electron chi connectivity index (χ2n) is 8.28. The van der Waals surface area contributed by atoms with E-state index in [-0.39, 0.29) is 18.4 Å². The van der Waals surface area contributed by atoms with E-state index in [1.165, 1.54) is 0 Å². The van der Waals surface area contributed by atoms with Gasteiger partial charge in [-0.3, -0.25) is 4.90 Å². The van der Waals surface area contributed by atoms with Crippen LogP contribution in [0.25, 0.3) is 11.1 Å². The number of amides is 1. The minimum Gasteiger partial charge on any atom is -0.480 e. The Hall–Kier alpha value is -3.95. The van der Waals surface area contributed by atoms with Crippen LogP contribution in [0, 0.1) is 11.6 Å². The van der Waals surface area contributed by atoms with Gasteiger partial charge in [-0.1, -0.05) is 48.5 Å². The molecule has 0 heterocycles. The number of nitrogens with zero attached hydrogens (tertiary/aromatic N) is 1. The summed E-state index contributed by atoms with van der Waals surface area (Å²) in [6, 6.07) is 13.0. The highest BCUT2D eigenvalue weighted by atomic mass is 19.4. The molecule has 0 saturated heterocycles. The quantitative estimate of drug-likeness (QED) is 0.405. The average molecular weight is 505 g/mol. The van der Waals surface area contributed by atoms with Crippen molar-refractivity contribution < 1.29 is 41.4 Å². The Morgan fingerprint density at radius 1 is 0.972 bits per heavy atom. The van der Waals surface area contributed by atoms with Crippen LogP contribution in [-0.2, 0) is 22.1 Å². The Kier molecular flexibility index (Phi) is 6.71. The number of benzene rings is 3. The Morgan fingerprint density at radius 2 is 1.47 bits per heavy atom. The molecule has 4 rings (SSSR count). The van der Waals surface area contributed by atoms with Gasteiger partial charge in [-0.15, -0.1) is 0 Å². The van der Waals surface area contributed by atoms with Crippen LogP contribution in [0.15, 0.2) is 60.7 Å². The zero-order valence-electron chi connectivity index (χ0n) is 18.9. The van der Waals surface area contributed by atoms with Crippen LogP contribution in [0.1, 0.15) is 34.7 Å². The predicted octanol–water partition coefficient (Wildman–Crippen LogP) is 6.21. The molecule has 1 amide bonds. The smallest absolute Gasteiger partial charge is 0.422 e. The van der Waals surface area contributed by atoms with E-state index in [9.17, 15) is 36.6 Å².